The molecule has 102 valence electrons. The first kappa shape index (κ1) is 15.2. The first-order valence-corrected chi connectivity index (χ1v) is 7.46. The predicted molar refractivity (Wildman–Crippen MR) is 75.8 cm³/mol. The van der Waals surface area contributed by atoms with Crippen molar-refractivity contribution in [2.45, 2.75) is 45.6 Å². The molecule has 1 aromatic heterocycles. The first-order valence-electron chi connectivity index (χ1n) is 6.58. The lowest BCUT2D eigenvalue weighted by atomic mass is 10.1. The second kappa shape index (κ2) is 8.27. The van der Waals surface area contributed by atoms with Gasteiger partial charge in [-0.2, -0.15) is 0 Å². The molecule has 0 unspecified atom stereocenters. The van der Waals surface area contributed by atoms with Crippen molar-refractivity contribution in [1.29, 1.82) is 0 Å². The Bertz CT molecular complexity index is 336. The lowest BCUT2D eigenvalue weighted by Crippen LogP contribution is -2.37. The standard InChI is InChI=1S/C14H23NO2S/c1-12(2)15(9-5-10-16)14(17)8-3-6-13-7-4-11-18-13/h4,7,11-12,16H,3,5-6,8-10H2,1-2H3. The molecule has 0 atom stereocenters. The molecule has 0 bridgehead atoms. The maximum absolute atomic E-state index is 12.1. The molecule has 1 heterocycles. The van der Waals surface area contributed by atoms with Gasteiger partial charge in [0.15, 0.2) is 0 Å². The fourth-order valence-corrected chi connectivity index (χ4v) is 2.68. The number of thiophene rings is 1. The molecule has 0 aliphatic rings. The van der Waals surface area contributed by atoms with Crippen molar-refractivity contribution in [2.75, 3.05) is 13.2 Å². The second-order valence-corrected chi connectivity index (χ2v) is 5.72. The normalized spacial score (nSPS) is 10.9. The van der Waals surface area contributed by atoms with Gasteiger partial charge < -0.3 is 10.0 Å². The molecule has 0 aliphatic heterocycles. The molecule has 1 aromatic rings. The summed E-state index contributed by atoms with van der Waals surface area (Å²) in [5, 5.41) is 10.9. The molecule has 0 aromatic carbocycles. The number of nitrogens with zero attached hydrogens (tertiary/aromatic N) is 1. The number of hydrogen-bond donors (Lipinski definition) is 1. The molecule has 1 N–H and O–H groups in total. The van der Waals surface area contributed by atoms with Crippen molar-refractivity contribution in [1.82, 2.24) is 4.90 Å². The fourth-order valence-electron chi connectivity index (χ4n) is 1.92. The van der Waals surface area contributed by atoms with Crippen LogP contribution >= 0.6 is 11.3 Å². The van der Waals surface area contributed by atoms with Gasteiger partial charge in [0.25, 0.3) is 0 Å². The fraction of sp³-hybridized carbons (Fsp3) is 0.643. The van der Waals surface area contributed by atoms with E-state index in [4.69, 9.17) is 5.11 Å². The average molecular weight is 269 g/mol. The predicted octanol–water partition coefficient (Wildman–Crippen LogP) is 2.69. The number of hydrogen-bond acceptors (Lipinski definition) is 3. The van der Waals surface area contributed by atoms with Crippen molar-refractivity contribution < 1.29 is 9.90 Å². The second-order valence-electron chi connectivity index (χ2n) is 4.69. The molecule has 4 heteroatoms. The minimum atomic E-state index is 0.145. The number of aliphatic hydroxyl groups is 1. The summed E-state index contributed by atoms with van der Waals surface area (Å²) in [7, 11) is 0. The molecule has 0 fully saturated rings. The third-order valence-corrected chi connectivity index (χ3v) is 3.83. The van der Waals surface area contributed by atoms with Crippen LogP contribution in [-0.4, -0.2) is 35.1 Å². The number of aliphatic hydroxyl groups excluding tert-OH is 1. The van der Waals surface area contributed by atoms with Crippen LogP contribution in [0.25, 0.3) is 0 Å². The van der Waals surface area contributed by atoms with Crippen LogP contribution in [0.2, 0.25) is 0 Å². The maximum Gasteiger partial charge on any atom is 0.222 e. The lowest BCUT2D eigenvalue weighted by molar-refractivity contribution is -0.133. The Labute approximate surface area is 113 Å². The summed E-state index contributed by atoms with van der Waals surface area (Å²) in [6.07, 6.45) is 3.15. The van der Waals surface area contributed by atoms with E-state index >= 15 is 0 Å². The average Bonchev–Trinajstić information content (AvgIpc) is 2.82. The zero-order chi connectivity index (χ0) is 13.4. The molecule has 0 radical (unpaired) electrons. The zero-order valence-electron chi connectivity index (χ0n) is 11.3. The van der Waals surface area contributed by atoms with E-state index in [-0.39, 0.29) is 18.6 Å². The van der Waals surface area contributed by atoms with Crippen molar-refractivity contribution in [3.05, 3.63) is 22.4 Å². The Balaban J connectivity index is 2.32. The van der Waals surface area contributed by atoms with Gasteiger partial charge in [-0.25, -0.2) is 0 Å². The smallest absolute Gasteiger partial charge is 0.222 e. The minimum absolute atomic E-state index is 0.145. The monoisotopic (exact) mass is 269 g/mol. The molecule has 1 rings (SSSR count). The van der Waals surface area contributed by atoms with Crippen molar-refractivity contribution >= 4 is 17.2 Å². The summed E-state index contributed by atoms with van der Waals surface area (Å²) in [5.41, 5.74) is 0. The maximum atomic E-state index is 12.1. The summed E-state index contributed by atoms with van der Waals surface area (Å²) >= 11 is 1.75. The summed E-state index contributed by atoms with van der Waals surface area (Å²) in [6, 6.07) is 4.37. The Morgan fingerprint density at radius 2 is 2.22 bits per heavy atom. The van der Waals surface area contributed by atoms with Gasteiger partial charge in [-0.05, 0) is 44.6 Å². The van der Waals surface area contributed by atoms with Crippen LogP contribution in [0.4, 0.5) is 0 Å². The summed E-state index contributed by atoms with van der Waals surface area (Å²) < 4.78 is 0. The molecular weight excluding hydrogens is 246 g/mol. The quantitative estimate of drug-likeness (QED) is 0.788. The largest absolute Gasteiger partial charge is 0.396 e. The Hall–Kier alpha value is -0.870. The molecule has 0 saturated heterocycles. The van der Waals surface area contributed by atoms with Crippen LogP contribution in [-0.2, 0) is 11.2 Å². The van der Waals surface area contributed by atoms with E-state index in [9.17, 15) is 4.79 Å². The summed E-state index contributed by atoms with van der Waals surface area (Å²) in [4.78, 5) is 15.3. The highest BCUT2D eigenvalue weighted by Crippen LogP contribution is 2.13. The van der Waals surface area contributed by atoms with Gasteiger partial charge >= 0.3 is 0 Å². The molecule has 1 amide bonds. The Morgan fingerprint density at radius 3 is 2.78 bits per heavy atom. The third-order valence-electron chi connectivity index (χ3n) is 2.89. The van der Waals surface area contributed by atoms with Crippen LogP contribution in [0.3, 0.4) is 0 Å². The Kier molecular flexibility index (Phi) is 6.98. The van der Waals surface area contributed by atoms with E-state index in [2.05, 4.69) is 11.4 Å². The topological polar surface area (TPSA) is 40.5 Å². The van der Waals surface area contributed by atoms with E-state index in [0.29, 0.717) is 19.4 Å². The van der Waals surface area contributed by atoms with Gasteiger partial charge in [0.05, 0.1) is 0 Å². The van der Waals surface area contributed by atoms with Crippen molar-refractivity contribution in [3.63, 3.8) is 0 Å². The van der Waals surface area contributed by atoms with E-state index in [1.807, 2.05) is 24.8 Å². The van der Waals surface area contributed by atoms with Gasteiger partial charge in [-0.15, -0.1) is 11.3 Å². The minimum Gasteiger partial charge on any atom is -0.396 e. The molecule has 0 spiro atoms. The van der Waals surface area contributed by atoms with Gasteiger partial charge in [0.2, 0.25) is 5.91 Å². The molecule has 0 aliphatic carbocycles. The molecule has 0 saturated carbocycles. The Morgan fingerprint density at radius 1 is 1.44 bits per heavy atom. The number of rotatable bonds is 8. The van der Waals surface area contributed by atoms with Crippen LogP contribution in [0.5, 0.6) is 0 Å². The molecular formula is C14H23NO2S. The van der Waals surface area contributed by atoms with E-state index in [0.717, 1.165) is 12.8 Å². The van der Waals surface area contributed by atoms with Crippen LogP contribution in [0.1, 0.15) is 38.0 Å². The van der Waals surface area contributed by atoms with Crippen molar-refractivity contribution in [2.24, 2.45) is 0 Å². The lowest BCUT2D eigenvalue weighted by Gasteiger charge is -2.26. The van der Waals surface area contributed by atoms with Crippen molar-refractivity contribution in [3.8, 4) is 0 Å². The van der Waals surface area contributed by atoms with Crippen LogP contribution in [0, 0.1) is 0 Å². The zero-order valence-corrected chi connectivity index (χ0v) is 12.1. The number of aryl methyl sites for hydroxylation is 1. The van der Waals surface area contributed by atoms with Gasteiger partial charge in [0, 0.05) is 30.5 Å². The van der Waals surface area contributed by atoms with Gasteiger partial charge in [0.1, 0.15) is 0 Å². The van der Waals surface area contributed by atoms with Crippen LogP contribution < -0.4 is 0 Å². The van der Waals surface area contributed by atoms with Gasteiger partial charge in [-0.1, -0.05) is 6.07 Å². The molecule has 3 nitrogen and oxygen atoms in total. The van der Waals surface area contributed by atoms with Gasteiger partial charge in [-0.3, -0.25) is 4.79 Å². The number of amides is 1. The third kappa shape index (κ3) is 5.19. The summed E-state index contributed by atoms with van der Waals surface area (Å²) in [5.74, 6) is 0.204. The highest BCUT2D eigenvalue weighted by atomic mass is 32.1. The SMILES string of the molecule is CC(C)N(CCCO)C(=O)CCCc1cccs1. The first-order chi connectivity index (χ1) is 8.65. The molecule has 18 heavy (non-hydrogen) atoms. The van der Waals surface area contributed by atoms with E-state index < -0.39 is 0 Å². The number of carbonyl (C=O) groups excluding carboxylic acids is 1. The highest BCUT2D eigenvalue weighted by molar-refractivity contribution is 7.09. The van der Waals surface area contributed by atoms with Crippen LogP contribution in [0.15, 0.2) is 17.5 Å². The van der Waals surface area contributed by atoms with E-state index in [1.165, 1.54) is 4.88 Å². The van der Waals surface area contributed by atoms with E-state index in [1.54, 1.807) is 11.3 Å². The summed E-state index contributed by atoms with van der Waals surface area (Å²) in [6.45, 7) is 4.85. The number of carbonyl (C=O) groups is 1. The highest BCUT2D eigenvalue weighted by Gasteiger charge is 2.15.